The van der Waals surface area contributed by atoms with Crippen LogP contribution in [0.25, 0.3) is 0 Å². The maximum atomic E-state index is 11.5. The number of Topliss-reactive ketones (excluding diaryl/α,β-unsaturated/α-hetero) is 1. The molecule has 0 radical (unpaired) electrons. The molecule has 0 aliphatic carbocycles. The Labute approximate surface area is 176 Å². The highest BCUT2D eigenvalue weighted by Gasteiger charge is 2.29. The van der Waals surface area contributed by atoms with Crippen molar-refractivity contribution in [3.63, 3.8) is 0 Å². The third kappa shape index (κ3) is 16.1. The van der Waals surface area contributed by atoms with Gasteiger partial charge in [-0.25, -0.2) is 0 Å². The SMILES string of the molecule is CC(=O)CCCCCCCCCCCC(N[C@H](CCC(=O)O)C(=O)O)[N+](C)(C)C. The largest absolute Gasteiger partial charge is 0.481 e. The first-order chi connectivity index (χ1) is 13.5. The number of hydrogen-bond donors (Lipinski definition) is 3. The topological polar surface area (TPSA) is 104 Å². The Morgan fingerprint density at radius 3 is 1.66 bits per heavy atom. The average molecular weight is 416 g/mol. The maximum Gasteiger partial charge on any atom is 0.320 e. The Hall–Kier alpha value is -1.47. The summed E-state index contributed by atoms with van der Waals surface area (Å²) in [4.78, 5) is 33.1. The van der Waals surface area contributed by atoms with Gasteiger partial charge in [0, 0.05) is 19.3 Å². The van der Waals surface area contributed by atoms with Gasteiger partial charge in [0.15, 0.2) is 0 Å². The minimum absolute atomic E-state index is 0.0221. The minimum atomic E-state index is -0.993. The highest BCUT2D eigenvalue weighted by molar-refractivity contribution is 5.75. The predicted molar refractivity (Wildman–Crippen MR) is 115 cm³/mol. The van der Waals surface area contributed by atoms with Gasteiger partial charge in [0.2, 0.25) is 0 Å². The smallest absolute Gasteiger partial charge is 0.320 e. The summed E-state index contributed by atoms with van der Waals surface area (Å²) < 4.78 is 0.594. The van der Waals surface area contributed by atoms with E-state index in [9.17, 15) is 19.5 Å². The fraction of sp³-hybridized carbons (Fsp3) is 0.864. The summed E-state index contributed by atoms with van der Waals surface area (Å²) in [5.74, 6) is -1.69. The fourth-order valence-electron chi connectivity index (χ4n) is 3.42. The van der Waals surface area contributed by atoms with E-state index in [4.69, 9.17) is 5.11 Å². The van der Waals surface area contributed by atoms with Crippen LogP contribution in [-0.4, -0.2) is 65.8 Å². The molecule has 3 N–H and O–H groups in total. The van der Waals surface area contributed by atoms with Gasteiger partial charge in [-0.3, -0.25) is 14.9 Å². The average Bonchev–Trinajstić information content (AvgIpc) is 2.59. The molecule has 0 saturated carbocycles. The van der Waals surface area contributed by atoms with E-state index in [0.29, 0.717) is 10.9 Å². The molecule has 29 heavy (non-hydrogen) atoms. The Morgan fingerprint density at radius 1 is 0.759 bits per heavy atom. The van der Waals surface area contributed by atoms with Crippen molar-refractivity contribution in [1.29, 1.82) is 0 Å². The van der Waals surface area contributed by atoms with E-state index < -0.39 is 18.0 Å². The molecule has 1 unspecified atom stereocenters. The molecule has 0 aromatic carbocycles. The van der Waals surface area contributed by atoms with Crippen LogP contribution in [0.4, 0.5) is 0 Å². The Bertz CT molecular complexity index is 488. The molecule has 0 bridgehead atoms. The first-order valence-corrected chi connectivity index (χ1v) is 11.0. The van der Waals surface area contributed by atoms with Crippen molar-refractivity contribution in [2.24, 2.45) is 0 Å². The van der Waals surface area contributed by atoms with Crippen molar-refractivity contribution >= 4 is 17.7 Å². The van der Waals surface area contributed by atoms with Crippen molar-refractivity contribution in [1.82, 2.24) is 5.32 Å². The van der Waals surface area contributed by atoms with Gasteiger partial charge < -0.3 is 19.5 Å². The number of ketones is 1. The van der Waals surface area contributed by atoms with Gasteiger partial charge in [-0.1, -0.05) is 44.9 Å². The van der Waals surface area contributed by atoms with Crippen LogP contribution in [0.1, 0.15) is 90.4 Å². The van der Waals surface area contributed by atoms with Crippen LogP contribution in [0.5, 0.6) is 0 Å². The molecule has 0 fully saturated rings. The molecule has 0 saturated heterocycles. The Morgan fingerprint density at radius 2 is 1.24 bits per heavy atom. The van der Waals surface area contributed by atoms with Crippen molar-refractivity contribution in [2.75, 3.05) is 21.1 Å². The van der Waals surface area contributed by atoms with Gasteiger partial charge in [-0.05, 0) is 26.2 Å². The van der Waals surface area contributed by atoms with E-state index >= 15 is 0 Å². The molecule has 0 aliphatic heterocycles. The van der Waals surface area contributed by atoms with E-state index in [-0.39, 0.29) is 24.8 Å². The number of carboxylic acid groups (broad SMARTS) is 2. The van der Waals surface area contributed by atoms with E-state index in [1.54, 1.807) is 6.92 Å². The van der Waals surface area contributed by atoms with Crippen LogP contribution in [-0.2, 0) is 14.4 Å². The lowest BCUT2D eigenvalue weighted by Gasteiger charge is -2.36. The molecule has 0 aromatic heterocycles. The quantitative estimate of drug-likeness (QED) is 0.168. The highest BCUT2D eigenvalue weighted by Crippen LogP contribution is 2.15. The number of carbonyl (C=O) groups excluding carboxylic acids is 1. The first kappa shape index (κ1) is 27.5. The lowest BCUT2D eigenvalue weighted by atomic mass is 10.0. The highest BCUT2D eigenvalue weighted by atomic mass is 16.4. The van der Waals surface area contributed by atoms with E-state index in [1.807, 2.05) is 21.1 Å². The molecule has 0 spiro atoms. The standard InChI is InChI=1S/C22H42N2O5/c1-18(25)14-12-10-8-6-5-7-9-11-13-15-20(24(2,3)4)23-19(22(28)29)16-17-21(26)27/h19-20,23H,5-17H2,1-4H3,(H-,26,27,28,29)/p+1/t19-,20?/m1/s1. The number of carbonyl (C=O) groups is 3. The molecular weight excluding hydrogens is 372 g/mol. The number of rotatable bonds is 19. The lowest BCUT2D eigenvalue weighted by molar-refractivity contribution is -0.900. The number of hydrogen-bond acceptors (Lipinski definition) is 4. The summed E-state index contributed by atoms with van der Waals surface area (Å²) in [5.41, 5.74) is 0. The second kappa shape index (κ2) is 15.4. The van der Waals surface area contributed by atoms with E-state index in [1.165, 1.54) is 32.1 Å². The summed E-state index contributed by atoms with van der Waals surface area (Å²) in [6.45, 7) is 1.65. The molecule has 0 rings (SSSR count). The van der Waals surface area contributed by atoms with Crippen molar-refractivity contribution < 1.29 is 29.1 Å². The van der Waals surface area contributed by atoms with Gasteiger partial charge in [0.05, 0.1) is 21.1 Å². The van der Waals surface area contributed by atoms with Crippen LogP contribution >= 0.6 is 0 Å². The first-order valence-electron chi connectivity index (χ1n) is 11.0. The van der Waals surface area contributed by atoms with Crippen molar-refractivity contribution in [2.45, 2.75) is 103 Å². The lowest BCUT2D eigenvalue weighted by Crippen LogP contribution is -2.57. The van der Waals surface area contributed by atoms with Crippen LogP contribution in [0.3, 0.4) is 0 Å². The van der Waals surface area contributed by atoms with Crippen molar-refractivity contribution in [3.8, 4) is 0 Å². The summed E-state index contributed by atoms with van der Waals surface area (Å²) in [6.07, 6.45) is 11.8. The zero-order chi connectivity index (χ0) is 22.3. The minimum Gasteiger partial charge on any atom is -0.481 e. The number of aliphatic carboxylic acids is 2. The maximum absolute atomic E-state index is 11.5. The summed E-state index contributed by atoms with van der Waals surface area (Å²) in [7, 11) is 6.08. The van der Waals surface area contributed by atoms with Crippen LogP contribution < -0.4 is 5.32 Å². The zero-order valence-corrected chi connectivity index (χ0v) is 18.9. The molecule has 2 atom stereocenters. The zero-order valence-electron chi connectivity index (χ0n) is 18.9. The van der Waals surface area contributed by atoms with Crippen LogP contribution in [0.15, 0.2) is 0 Å². The monoisotopic (exact) mass is 415 g/mol. The number of nitrogens with zero attached hydrogens (tertiary/aromatic N) is 1. The van der Waals surface area contributed by atoms with Gasteiger partial charge >= 0.3 is 11.9 Å². The molecule has 0 heterocycles. The van der Waals surface area contributed by atoms with Gasteiger partial charge in [0.1, 0.15) is 18.0 Å². The van der Waals surface area contributed by atoms with Gasteiger partial charge in [-0.2, -0.15) is 0 Å². The number of nitrogens with one attached hydrogen (secondary N) is 1. The molecule has 170 valence electrons. The predicted octanol–water partition coefficient (Wildman–Crippen LogP) is 3.81. The third-order valence-electron chi connectivity index (χ3n) is 5.28. The molecule has 7 heteroatoms. The Kier molecular flexibility index (Phi) is 14.6. The second-order valence-electron chi connectivity index (χ2n) is 9.04. The summed E-state index contributed by atoms with van der Waals surface area (Å²) in [6, 6.07) is -0.837. The fourth-order valence-corrected chi connectivity index (χ4v) is 3.42. The van der Waals surface area contributed by atoms with E-state index in [0.717, 1.165) is 32.1 Å². The third-order valence-corrected chi connectivity index (χ3v) is 5.28. The van der Waals surface area contributed by atoms with Crippen LogP contribution in [0.2, 0.25) is 0 Å². The van der Waals surface area contributed by atoms with Gasteiger partial charge in [-0.15, -0.1) is 0 Å². The van der Waals surface area contributed by atoms with Gasteiger partial charge in [0.25, 0.3) is 0 Å². The normalized spacial score (nSPS) is 13.8. The summed E-state index contributed by atoms with van der Waals surface area (Å²) in [5, 5.41) is 21.4. The molecular formula is C22H43N2O5+. The molecule has 0 aliphatic rings. The molecule has 7 nitrogen and oxygen atoms in total. The number of carboxylic acids is 2. The Balaban J connectivity index is 4.08. The summed E-state index contributed by atoms with van der Waals surface area (Å²) >= 11 is 0. The molecule has 0 aromatic rings. The van der Waals surface area contributed by atoms with Crippen molar-refractivity contribution in [3.05, 3.63) is 0 Å². The van der Waals surface area contributed by atoms with Crippen LogP contribution in [0, 0.1) is 0 Å². The number of unbranched alkanes of at least 4 members (excludes halogenated alkanes) is 8. The van der Waals surface area contributed by atoms with E-state index in [2.05, 4.69) is 5.32 Å². The molecule has 0 amide bonds. The number of quaternary nitrogens is 1. The second-order valence-corrected chi connectivity index (χ2v) is 9.04.